The molecule has 4 heteroatoms. The number of hydrogen-bond donors (Lipinski definition) is 0. The number of pyridine rings is 1. The van der Waals surface area contributed by atoms with Crippen LogP contribution in [-0.2, 0) is 0 Å². The van der Waals surface area contributed by atoms with Gasteiger partial charge in [0.05, 0.1) is 21.3 Å². The van der Waals surface area contributed by atoms with Crippen LogP contribution in [0.5, 0.6) is 0 Å². The molecule has 0 saturated heterocycles. The summed E-state index contributed by atoms with van der Waals surface area (Å²) in [7, 11) is 0. The summed E-state index contributed by atoms with van der Waals surface area (Å²) in [6.45, 7) is 0. The third kappa shape index (κ3) is 2.08. The van der Waals surface area contributed by atoms with Gasteiger partial charge in [0.25, 0.3) is 0 Å². The van der Waals surface area contributed by atoms with E-state index in [9.17, 15) is 0 Å². The number of fused-ring (bicyclic) bond motifs is 3. The summed E-state index contributed by atoms with van der Waals surface area (Å²) >= 11 is 12.1. The first kappa shape index (κ1) is 12.7. The van der Waals surface area contributed by atoms with Gasteiger partial charge in [-0.15, -0.1) is 0 Å². The highest BCUT2D eigenvalue weighted by molar-refractivity contribution is 6.42. The van der Waals surface area contributed by atoms with E-state index in [0.29, 0.717) is 10.0 Å². The summed E-state index contributed by atoms with van der Waals surface area (Å²) in [6.07, 6.45) is 1.97. The van der Waals surface area contributed by atoms with Gasteiger partial charge in [0, 0.05) is 17.1 Å². The molecular weight excluding hydrogens is 303 g/mol. The van der Waals surface area contributed by atoms with Gasteiger partial charge in [-0.25, -0.2) is 4.52 Å². The molecule has 0 N–H and O–H groups in total. The van der Waals surface area contributed by atoms with Crippen molar-refractivity contribution in [2.75, 3.05) is 0 Å². The first-order chi connectivity index (χ1) is 10.2. The fourth-order valence-corrected chi connectivity index (χ4v) is 2.83. The molecule has 2 heterocycles. The van der Waals surface area contributed by atoms with Crippen LogP contribution in [0.2, 0.25) is 10.0 Å². The van der Waals surface area contributed by atoms with E-state index in [1.165, 1.54) is 10.8 Å². The van der Waals surface area contributed by atoms with Gasteiger partial charge in [-0.2, -0.15) is 5.10 Å². The quantitative estimate of drug-likeness (QED) is 0.456. The molecule has 21 heavy (non-hydrogen) atoms. The third-order valence-corrected chi connectivity index (χ3v) is 4.32. The molecule has 0 fully saturated rings. The summed E-state index contributed by atoms with van der Waals surface area (Å²) < 4.78 is 1.89. The Morgan fingerprint density at radius 2 is 1.71 bits per heavy atom. The lowest BCUT2D eigenvalue weighted by molar-refractivity contribution is 0.971. The van der Waals surface area contributed by atoms with E-state index in [-0.39, 0.29) is 0 Å². The van der Waals surface area contributed by atoms with Gasteiger partial charge < -0.3 is 0 Å². The van der Waals surface area contributed by atoms with Crippen LogP contribution in [0.25, 0.3) is 27.5 Å². The molecule has 4 aromatic rings. The van der Waals surface area contributed by atoms with Gasteiger partial charge >= 0.3 is 0 Å². The number of benzene rings is 2. The van der Waals surface area contributed by atoms with Crippen LogP contribution < -0.4 is 0 Å². The van der Waals surface area contributed by atoms with E-state index in [1.807, 2.05) is 35.0 Å². The smallest absolute Gasteiger partial charge is 0.0934 e. The van der Waals surface area contributed by atoms with E-state index in [1.54, 1.807) is 6.07 Å². The normalized spacial score (nSPS) is 11.3. The lowest BCUT2D eigenvalue weighted by Crippen LogP contribution is -1.87. The van der Waals surface area contributed by atoms with E-state index in [4.69, 9.17) is 23.2 Å². The monoisotopic (exact) mass is 312 g/mol. The molecular formula is C17H10Cl2N2. The zero-order valence-electron chi connectivity index (χ0n) is 10.9. The molecule has 0 aliphatic carbocycles. The van der Waals surface area contributed by atoms with Crippen LogP contribution in [0.15, 0.2) is 60.8 Å². The van der Waals surface area contributed by atoms with E-state index in [2.05, 4.69) is 29.4 Å². The van der Waals surface area contributed by atoms with Crippen LogP contribution in [0.4, 0.5) is 0 Å². The van der Waals surface area contributed by atoms with Gasteiger partial charge in [-0.1, -0.05) is 53.5 Å². The molecule has 2 aromatic carbocycles. The maximum Gasteiger partial charge on any atom is 0.0934 e. The molecule has 4 rings (SSSR count). The second kappa shape index (κ2) is 4.76. The number of nitrogens with zero attached hydrogens (tertiary/aromatic N) is 2. The van der Waals surface area contributed by atoms with Crippen molar-refractivity contribution < 1.29 is 0 Å². The van der Waals surface area contributed by atoms with E-state index in [0.717, 1.165) is 16.8 Å². The second-order valence-electron chi connectivity index (χ2n) is 4.89. The Hall–Kier alpha value is -2.03. The van der Waals surface area contributed by atoms with Gasteiger partial charge in [-0.3, -0.25) is 0 Å². The Morgan fingerprint density at radius 3 is 2.57 bits per heavy atom. The van der Waals surface area contributed by atoms with Crippen molar-refractivity contribution in [1.82, 2.24) is 9.61 Å². The molecule has 0 spiro atoms. The SMILES string of the molecule is Clc1ccc(-c2cc3c4ccccc4ccn3n2)cc1Cl. The Morgan fingerprint density at radius 1 is 0.857 bits per heavy atom. The summed E-state index contributed by atoms with van der Waals surface area (Å²) in [4.78, 5) is 0. The van der Waals surface area contributed by atoms with Crippen molar-refractivity contribution in [1.29, 1.82) is 0 Å². The number of rotatable bonds is 1. The second-order valence-corrected chi connectivity index (χ2v) is 5.71. The Balaban J connectivity index is 1.98. The highest BCUT2D eigenvalue weighted by Gasteiger charge is 2.08. The predicted octanol–water partition coefficient (Wildman–Crippen LogP) is 5.46. The first-order valence-electron chi connectivity index (χ1n) is 6.55. The van der Waals surface area contributed by atoms with Gasteiger partial charge in [-0.05, 0) is 29.7 Å². The maximum atomic E-state index is 6.09. The van der Waals surface area contributed by atoms with Gasteiger partial charge in [0.15, 0.2) is 0 Å². The maximum absolute atomic E-state index is 6.09. The van der Waals surface area contributed by atoms with Crippen LogP contribution in [0.1, 0.15) is 0 Å². The minimum atomic E-state index is 0.538. The molecule has 0 unspecified atom stereocenters. The van der Waals surface area contributed by atoms with Crippen molar-refractivity contribution >= 4 is 39.5 Å². The predicted molar refractivity (Wildman–Crippen MR) is 88.2 cm³/mol. The molecule has 2 aromatic heterocycles. The molecule has 102 valence electrons. The lowest BCUT2D eigenvalue weighted by Gasteiger charge is -1.99. The van der Waals surface area contributed by atoms with Crippen molar-refractivity contribution in [2.45, 2.75) is 0 Å². The first-order valence-corrected chi connectivity index (χ1v) is 7.30. The summed E-state index contributed by atoms with van der Waals surface area (Å²) in [5.74, 6) is 0. The Bertz CT molecular complexity index is 973. The zero-order valence-corrected chi connectivity index (χ0v) is 12.4. The summed E-state index contributed by atoms with van der Waals surface area (Å²) in [5.41, 5.74) is 2.91. The fourth-order valence-electron chi connectivity index (χ4n) is 2.53. The highest BCUT2D eigenvalue weighted by atomic mass is 35.5. The van der Waals surface area contributed by atoms with Crippen molar-refractivity contribution in [3.63, 3.8) is 0 Å². The zero-order chi connectivity index (χ0) is 14.4. The van der Waals surface area contributed by atoms with E-state index >= 15 is 0 Å². The molecule has 0 saturated carbocycles. The summed E-state index contributed by atoms with van der Waals surface area (Å²) in [5, 5.41) is 8.09. The van der Waals surface area contributed by atoms with Crippen LogP contribution in [0.3, 0.4) is 0 Å². The van der Waals surface area contributed by atoms with Gasteiger partial charge in [0.2, 0.25) is 0 Å². The van der Waals surface area contributed by atoms with Crippen LogP contribution in [-0.4, -0.2) is 9.61 Å². The summed E-state index contributed by atoms with van der Waals surface area (Å²) in [6, 6.07) is 18.0. The van der Waals surface area contributed by atoms with Crippen LogP contribution >= 0.6 is 23.2 Å². The number of halogens is 2. The minimum absolute atomic E-state index is 0.538. The molecule has 0 atom stereocenters. The highest BCUT2D eigenvalue weighted by Crippen LogP contribution is 2.30. The minimum Gasteiger partial charge on any atom is -0.240 e. The topological polar surface area (TPSA) is 17.3 Å². The standard InChI is InChI=1S/C17H10Cl2N2/c18-14-6-5-12(9-15(14)19)16-10-17-13-4-2-1-3-11(13)7-8-21(17)20-16/h1-10H. The molecule has 2 nitrogen and oxygen atoms in total. The third-order valence-electron chi connectivity index (χ3n) is 3.58. The average Bonchev–Trinajstić information content (AvgIpc) is 2.94. The molecule has 0 radical (unpaired) electrons. The molecule has 0 aliphatic rings. The largest absolute Gasteiger partial charge is 0.240 e. The average molecular weight is 313 g/mol. The van der Waals surface area contributed by atoms with Crippen molar-refractivity contribution in [3.8, 4) is 11.3 Å². The fraction of sp³-hybridized carbons (Fsp3) is 0. The Labute approximate surface area is 131 Å². The number of hydrogen-bond acceptors (Lipinski definition) is 1. The van der Waals surface area contributed by atoms with Crippen molar-refractivity contribution in [3.05, 3.63) is 70.8 Å². The molecule has 0 bridgehead atoms. The Kier molecular flexibility index (Phi) is 2.88. The van der Waals surface area contributed by atoms with Crippen molar-refractivity contribution in [2.24, 2.45) is 0 Å². The van der Waals surface area contributed by atoms with Crippen LogP contribution in [0, 0.1) is 0 Å². The lowest BCUT2D eigenvalue weighted by atomic mass is 10.1. The van der Waals surface area contributed by atoms with E-state index < -0.39 is 0 Å². The molecule has 0 aliphatic heterocycles. The molecule has 0 amide bonds. The number of aromatic nitrogens is 2. The van der Waals surface area contributed by atoms with Gasteiger partial charge in [0.1, 0.15) is 0 Å².